The van der Waals surface area contributed by atoms with Crippen molar-refractivity contribution in [1.82, 2.24) is 4.31 Å². The molecule has 2 heterocycles. The average Bonchev–Trinajstić information content (AvgIpc) is 3.34. The van der Waals surface area contributed by atoms with Gasteiger partial charge in [0.25, 0.3) is 0 Å². The van der Waals surface area contributed by atoms with Crippen molar-refractivity contribution in [3.05, 3.63) is 47.5 Å². The minimum Gasteiger partial charge on any atom is -0.454 e. The highest BCUT2D eigenvalue weighted by Gasteiger charge is 2.42. The van der Waals surface area contributed by atoms with Crippen molar-refractivity contribution in [2.75, 3.05) is 38.4 Å². The van der Waals surface area contributed by atoms with Crippen molar-refractivity contribution < 1.29 is 27.4 Å². The van der Waals surface area contributed by atoms with Gasteiger partial charge < -0.3 is 19.5 Å². The fourth-order valence-corrected chi connectivity index (χ4v) is 6.79. The first-order chi connectivity index (χ1) is 16.4. The van der Waals surface area contributed by atoms with Gasteiger partial charge in [0.1, 0.15) is 0 Å². The molecule has 1 aliphatic carbocycles. The molecule has 5 rings (SSSR count). The van der Waals surface area contributed by atoms with Crippen LogP contribution in [0.3, 0.4) is 0 Å². The van der Waals surface area contributed by atoms with E-state index in [4.69, 9.17) is 14.2 Å². The number of hydrogen-bond acceptors (Lipinski definition) is 6. The molecule has 2 aromatic carbocycles. The molecule has 1 saturated heterocycles. The lowest BCUT2D eigenvalue weighted by Crippen LogP contribution is -2.42. The second-order valence-electron chi connectivity index (χ2n) is 9.16. The average molecular weight is 487 g/mol. The number of carbonyl (C=O) groups excluding carboxylic acids is 1. The van der Waals surface area contributed by atoms with Crippen LogP contribution >= 0.6 is 0 Å². The zero-order valence-corrected chi connectivity index (χ0v) is 20.2. The Morgan fingerprint density at radius 3 is 2.47 bits per heavy atom. The fourth-order valence-electron chi connectivity index (χ4n) is 5.13. The predicted octanol–water partition coefficient (Wildman–Crippen LogP) is 3.59. The molecule has 2 aromatic rings. The molecular weight excluding hydrogens is 456 g/mol. The molecule has 8 nitrogen and oxygen atoms in total. The normalized spacial score (nSPS) is 20.1. The van der Waals surface area contributed by atoms with Crippen LogP contribution in [0.25, 0.3) is 0 Å². The van der Waals surface area contributed by atoms with E-state index in [1.54, 1.807) is 25.1 Å². The van der Waals surface area contributed by atoms with Crippen LogP contribution in [0.5, 0.6) is 11.5 Å². The highest BCUT2D eigenvalue weighted by Crippen LogP contribution is 2.44. The van der Waals surface area contributed by atoms with Crippen LogP contribution in [0, 0.1) is 6.92 Å². The van der Waals surface area contributed by atoms with Gasteiger partial charge in [0.05, 0.1) is 23.5 Å². The van der Waals surface area contributed by atoms with Crippen LogP contribution < -0.4 is 14.8 Å². The molecule has 9 heteroatoms. The lowest BCUT2D eigenvalue weighted by molar-refractivity contribution is -0.122. The molecule has 2 aliphatic heterocycles. The topological polar surface area (TPSA) is 94.2 Å². The third-order valence-electron chi connectivity index (χ3n) is 7.10. The van der Waals surface area contributed by atoms with E-state index in [2.05, 4.69) is 5.32 Å². The number of fused-ring (bicyclic) bond motifs is 1. The lowest BCUT2D eigenvalue weighted by atomic mass is 9.68. The van der Waals surface area contributed by atoms with Crippen LogP contribution in [0.4, 0.5) is 5.69 Å². The molecule has 0 radical (unpaired) electrons. The molecule has 0 unspecified atom stereocenters. The SMILES string of the molecule is Cc1ccc(NC(=O)C2(c3ccc4c(c3)OCO4)CCCCC2)cc1S(=O)(=O)N1CCOCC1. The minimum atomic E-state index is -3.68. The van der Waals surface area contributed by atoms with E-state index in [1.807, 2.05) is 18.2 Å². The van der Waals surface area contributed by atoms with Crippen LogP contribution in [-0.4, -0.2) is 51.7 Å². The van der Waals surface area contributed by atoms with Crippen molar-refractivity contribution in [2.45, 2.75) is 49.3 Å². The second-order valence-corrected chi connectivity index (χ2v) is 11.1. The maximum atomic E-state index is 13.8. The molecule has 3 aliphatic rings. The summed E-state index contributed by atoms with van der Waals surface area (Å²) in [5.74, 6) is 1.22. The Balaban J connectivity index is 1.45. The maximum Gasteiger partial charge on any atom is 0.243 e. The summed E-state index contributed by atoms with van der Waals surface area (Å²) in [5.41, 5.74) is 1.33. The first-order valence-corrected chi connectivity index (χ1v) is 13.2. The second kappa shape index (κ2) is 9.20. The van der Waals surface area contributed by atoms with Crippen molar-refractivity contribution in [2.24, 2.45) is 0 Å². The van der Waals surface area contributed by atoms with Gasteiger partial charge in [0.2, 0.25) is 22.7 Å². The molecule has 1 saturated carbocycles. The summed E-state index contributed by atoms with van der Waals surface area (Å²) >= 11 is 0. The van der Waals surface area contributed by atoms with Crippen LogP contribution in [0.1, 0.15) is 43.2 Å². The zero-order valence-electron chi connectivity index (χ0n) is 19.3. The first kappa shape index (κ1) is 23.1. The summed E-state index contributed by atoms with van der Waals surface area (Å²) in [6.45, 7) is 3.37. The molecule has 0 atom stereocenters. The van der Waals surface area contributed by atoms with Gasteiger partial charge in [-0.1, -0.05) is 31.4 Å². The van der Waals surface area contributed by atoms with Gasteiger partial charge in [-0.2, -0.15) is 4.31 Å². The first-order valence-electron chi connectivity index (χ1n) is 11.8. The number of ether oxygens (including phenoxy) is 3. The number of benzene rings is 2. The van der Waals surface area contributed by atoms with E-state index >= 15 is 0 Å². The molecule has 1 amide bonds. The highest BCUT2D eigenvalue weighted by molar-refractivity contribution is 7.89. The van der Waals surface area contributed by atoms with E-state index in [0.29, 0.717) is 49.1 Å². The van der Waals surface area contributed by atoms with Gasteiger partial charge in [-0.05, 0) is 55.2 Å². The third kappa shape index (κ3) is 4.16. The minimum absolute atomic E-state index is 0.121. The molecule has 0 spiro atoms. The Morgan fingerprint density at radius 2 is 1.71 bits per heavy atom. The van der Waals surface area contributed by atoms with E-state index in [-0.39, 0.29) is 17.6 Å². The molecular formula is C25H30N2O6S. The van der Waals surface area contributed by atoms with Gasteiger partial charge in [-0.3, -0.25) is 4.79 Å². The van der Waals surface area contributed by atoms with E-state index < -0.39 is 15.4 Å². The number of rotatable bonds is 5. The van der Waals surface area contributed by atoms with E-state index in [9.17, 15) is 13.2 Å². The molecule has 1 N–H and O–H groups in total. The summed E-state index contributed by atoms with van der Waals surface area (Å²) in [6.07, 6.45) is 4.44. The highest BCUT2D eigenvalue weighted by atomic mass is 32.2. The van der Waals surface area contributed by atoms with Crippen molar-refractivity contribution in [3.63, 3.8) is 0 Å². The number of anilines is 1. The van der Waals surface area contributed by atoms with Crippen molar-refractivity contribution in [3.8, 4) is 11.5 Å². The quantitative estimate of drug-likeness (QED) is 0.694. The number of carbonyl (C=O) groups is 1. The molecule has 0 aromatic heterocycles. The summed E-state index contributed by atoms with van der Waals surface area (Å²) in [4.78, 5) is 14.0. The number of nitrogens with zero attached hydrogens (tertiary/aromatic N) is 1. The van der Waals surface area contributed by atoms with Crippen LogP contribution in [-0.2, 0) is 25.0 Å². The molecule has 2 fully saturated rings. The van der Waals surface area contributed by atoms with Crippen LogP contribution in [0.2, 0.25) is 0 Å². The number of nitrogens with one attached hydrogen (secondary N) is 1. The number of aryl methyl sites for hydroxylation is 1. The smallest absolute Gasteiger partial charge is 0.243 e. The maximum absolute atomic E-state index is 13.8. The molecule has 182 valence electrons. The number of morpholine rings is 1. The van der Waals surface area contributed by atoms with Crippen molar-refractivity contribution >= 4 is 21.6 Å². The summed E-state index contributed by atoms with van der Waals surface area (Å²) in [6, 6.07) is 10.8. The Hall–Kier alpha value is -2.62. The number of amides is 1. The summed E-state index contributed by atoms with van der Waals surface area (Å²) in [7, 11) is -3.68. The van der Waals surface area contributed by atoms with E-state index in [0.717, 1.165) is 37.7 Å². The summed E-state index contributed by atoms with van der Waals surface area (Å²) < 4.78 is 44.3. The molecule has 34 heavy (non-hydrogen) atoms. The predicted molar refractivity (Wildman–Crippen MR) is 127 cm³/mol. The van der Waals surface area contributed by atoms with Crippen molar-refractivity contribution in [1.29, 1.82) is 0 Å². The van der Waals surface area contributed by atoms with Crippen LogP contribution in [0.15, 0.2) is 41.3 Å². The molecule has 0 bridgehead atoms. The Morgan fingerprint density at radius 1 is 0.971 bits per heavy atom. The van der Waals surface area contributed by atoms with Gasteiger partial charge >= 0.3 is 0 Å². The largest absolute Gasteiger partial charge is 0.454 e. The fraction of sp³-hybridized carbons (Fsp3) is 0.480. The Labute approximate surface area is 200 Å². The standard InChI is InChI=1S/C25H30N2O6S/c1-18-5-7-20(16-23(18)34(29,30)27-11-13-31-14-12-27)26-24(28)25(9-3-2-4-10-25)19-6-8-21-22(15-19)33-17-32-21/h5-8,15-16H,2-4,9-14,17H2,1H3,(H,26,28). The van der Waals surface area contributed by atoms with Gasteiger partial charge in [0.15, 0.2) is 11.5 Å². The van der Waals surface area contributed by atoms with E-state index in [1.165, 1.54) is 4.31 Å². The lowest BCUT2D eigenvalue weighted by Gasteiger charge is -2.36. The monoisotopic (exact) mass is 486 g/mol. The summed E-state index contributed by atoms with van der Waals surface area (Å²) in [5, 5.41) is 3.04. The van der Waals surface area contributed by atoms with Gasteiger partial charge in [0, 0.05) is 18.8 Å². The Kier molecular flexibility index (Phi) is 6.26. The van der Waals surface area contributed by atoms with Gasteiger partial charge in [-0.25, -0.2) is 8.42 Å². The zero-order chi connectivity index (χ0) is 23.8. The Bertz CT molecular complexity index is 1180. The third-order valence-corrected chi connectivity index (χ3v) is 9.14. The number of hydrogen-bond donors (Lipinski definition) is 1. The number of sulfonamides is 1. The van der Waals surface area contributed by atoms with Gasteiger partial charge in [-0.15, -0.1) is 0 Å².